The molecule has 2 aromatic rings. The van der Waals surface area contributed by atoms with Gasteiger partial charge in [0.1, 0.15) is 0 Å². The minimum Gasteiger partial charge on any atom is -0.369 e. The summed E-state index contributed by atoms with van der Waals surface area (Å²) in [5.74, 6) is 0.494. The van der Waals surface area contributed by atoms with Gasteiger partial charge in [0.25, 0.3) is 5.91 Å². The highest BCUT2D eigenvalue weighted by atomic mass is 16.1. The lowest BCUT2D eigenvalue weighted by molar-refractivity contribution is 0.102. The maximum Gasteiger partial charge on any atom is 0.258 e. The van der Waals surface area contributed by atoms with Crippen LogP contribution < -0.4 is 15.1 Å². The minimum absolute atomic E-state index is 0.192. The van der Waals surface area contributed by atoms with Crippen LogP contribution in [0.25, 0.3) is 0 Å². The predicted molar refractivity (Wildman–Crippen MR) is 116 cm³/mol. The molecular weight excluding hydrogens is 366 g/mol. The second kappa shape index (κ2) is 8.75. The van der Waals surface area contributed by atoms with Gasteiger partial charge in [0.15, 0.2) is 0 Å². The predicted octanol–water partition coefficient (Wildman–Crippen LogP) is 1.23. The Balaban J connectivity index is 1.34. The molecule has 8 nitrogen and oxygen atoms in total. The fourth-order valence-corrected chi connectivity index (χ4v) is 3.63. The van der Waals surface area contributed by atoms with Gasteiger partial charge in [-0.2, -0.15) is 0 Å². The Labute approximate surface area is 172 Å². The lowest BCUT2D eigenvalue weighted by Crippen LogP contribution is -2.45. The third-order valence-electron chi connectivity index (χ3n) is 5.68. The van der Waals surface area contributed by atoms with Crippen molar-refractivity contribution in [3.8, 4) is 0 Å². The van der Waals surface area contributed by atoms with Crippen LogP contribution in [0.4, 0.5) is 17.3 Å². The Bertz CT molecular complexity index is 808. The molecule has 2 aliphatic heterocycles. The SMILES string of the molecule is CN1CCN(c2ccc(NC(=O)c3cnc(N4CCN(C)CC4)nc3)cc2)CC1. The largest absolute Gasteiger partial charge is 0.369 e. The molecule has 29 heavy (non-hydrogen) atoms. The lowest BCUT2D eigenvalue weighted by atomic mass is 10.2. The van der Waals surface area contributed by atoms with E-state index in [1.807, 2.05) is 12.1 Å². The number of nitrogens with one attached hydrogen (secondary N) is 1. The van der Waals surface area contributed by atoms with Gasteiger partial charge in [-0.3, -0.25) is 4.79 Å². The van der Waals surface area contributed by atoms with E-state index in [4.69, 9.17) is 0 Å². The van der Waals surface area contributed by atoms with Gasteiger partial charge in [0.2, 0.25) is 5.95 Å². The second-order valence-corrected chi connectivity index (χ2v) is 7.85. The molecule has 0 spiro atoms. The van der Waals surface area contributed by atoms with Crippen molar-refractivity contribution in [2.45, 2.75) is 0 Å². The van der Waals surface area contributed by atoms with E-state index >= 15 is 0 Å². The van der Waals surface area contributed by atoms with E-state index in [0.717, 1.165) is 58.0 Å². The van der Waals surface area contributed by atoms with E-state index in [1.54, 1.807) is 12.4 Å². The summed E-state index contributed by atoms with van der Waals surface area (Å²) in [5.41, 5.74) is 2.43. The fraction of sp³-hybridized carbons (Fsp3) is 0.476. The van der Waals surface area contributed by atoms with E-state index in [9.17, 15) is 4.79 Å². The molecular formula is C21H29N7O. The maximum atomic E-state index is 12.5. The van der Waals surface area contributed by atoms with Crippen molar-refractivity contribution in [1.29, 1.82) is 0 Å². The molecule has 1 amide bonds. The standard InChI is InChI=1S/C21H29N7O/c1-25-7-11-27(12-8-25)19-5-3-18(4-6-19)24-20(29)17-15-22-21(23-16-17)28-13-9-26(2)10-14-28/h3-6,15-16H,7-14H2,1-2H3,(H,24,29). The summed E-state index contributed by atoms with van der Waals surface area (Å²) >= 11 is 0. The molecule has 2 fully saturated rings. The number of piperazine rings is 2. The van der Waals surface area contributed by atoms with Crippen molar-refractivity contribution >= 4 is 23.2 Å². The average molecular weight is 396 g/mol. The molecule has 3 heterocycles. The van der Waals surface area contributed by atoms with Crippen LogP contribution in [0.1, 0.15) is 10.4 Å². The van der Waals surface area contributed by atoms with Crippen LogP contribution in [0.5, 0.6) is 0 Å². The van der Waals surface area contributed by atoms with Gasteiger partial charge >= 0.3 is 0 Å². The number of carbonyl (C=O) groups excluding carboxylic acids is 1. The first kappa shape index (κ1) is 19.6. The Morgan fingerprint density at radius 2 is 1.31 bits per heavy atom. The van der Waals surface area contributed by atoms with E-state index in [1.165, 1.54) is 5.69 Å². The van der Waals surface area contributed by atoms with Gasteiger partial charge < -0.3 is 24.9 Å². The van der Waals surface area contributed by atoms with Crippen molar-refractivity contribution in [3.63, 3.8) is 0 Å². The highest BCUT2D eigenvalue weighted by Crippen LogP contribution is 2.20. The first-order chi connectivity index (χ1) is 14.1. The second-order valence-electron chi connectivity index (χ2n) is 7.85. The smallest absolute Gasteiger partial charge is 0.258 e. The molecule has 1 aromatic carbocycles. The molecule has 154 valence electrons. The summed E-state index contributed by atoms with van der Waals surface area (Å²) in [7, 11) is 4.26. The fourth-order valence-electron chi connectivity index (χ4n) is 3.63. The Hall–Kier alpha value is -2.71. The normalized spacial score (nSPS) is 18.7. The molecule has 0 bridgehead atoms. The highest BCUT2D eigenvalue weighted by Gasteiger charge is 2.17. The zero-order chi connectivity index (χ0) is 20.2. The van der Waals surface area contributed by atoms with Gasteiger partial charge in [0, 0.05) is 76.1 Å². The summed E-state index contributed by atoms with van der Waals surface area (Å²) in [6.45, 7) is 8.00. The monoisotopic (exact) mass is 395 g/mol. The van der Waals surface area contributed by atoms with Crippen LogP contribution in [0.3, 0.4) is 0 Å². The number of hydrogen-bond donors (Lipinski definition) is 1. The molecule has 1 N–H and O–H groups in total. The maximum absolute atomic E-state index is 12.5. The van der Waals surface area contributed by atoms with E-state index in [-0.39, 0.29) is 5.91 Å². The van der Waals surface area contributed by atoms with Crippen molar-refractivity contribution in [1.82, 2.24) is 19.8 Å². The number of hydrogen-bond acceptors (Lipinski definition) is 7. The van der Waals surface area contributed by atoms with Crippen molar-refractivity contribution < 1.29 is 4.79 Å². The van der Waals surface area contributed by atoms with Crippen LogP contribution in [0.2, 0.25) is 0 Å². The number of amides is 1. The molecule has 2 aliphatic rings. The van der Waals surface area contributed by atoms with E-state index in [2.05, 4.69) is 61.1 Å². The third kappa shape index (κ3) is 4.83. The number of likely N-dealkylation sites (N-methyl/N-ethyl adjacent to an activating group) is 2. The van der Waals surface area contributed by atoms with Crippen LogP contribution in [0.15, 0.2) is 36.7 Å². The average Bonchev–Trinajstić information content (AvgIpc) is 2.76. The molecule has 0 aliphatic carbocycles. The number of rotatable bonds is 4. The quantitative estimate of drug-likeness (QED) is 0.835. The van der Waals surface area contributed by atoms with Gasteiger partial charge in [-0.15, -0.1) is 0 Å². The number of benzene rings is 1. The van der Waals surface area contributed by atoms with Gasteiger partial charge in [-0.1, -0.05) is 0 Å². The first-order valence-electron chi connectivity index (χ1n) is 10.2. The highest BCUT2D eigenvalue weighted by molar-refractivity contribution is 6.03. The van der Waals surface area contributed by atoms with Crippen molar-refractivity contribution in [3.05, 3.63) is 42.2 Å². The number of aromatic nitrogens is 2. The van der Waals surface area contributed by atoms with Crippen LogP contribution in [-0.4, -0.2) is 92.1 Å². The zero-order valence-electron chi connectivity index (χ0n) is 17.2. The first-order valence-corrected chi connectivity index (χ1v) is 10.2. The number of nitrogens with zero attached hydrogens (tertiary/aromatic N) is 6. The van der Waals surface area contributed by atoms with Gasteiger partial charge in [-0.25, -0.2) is 9.97 Å². The Morgan fingerprint density at radius 3 is 1.86 bits per heavy atom. The number of carbonyl (C=O) groups is 1. The molecule has 0 atom stereocenters. The molecule has 8 heteroatoms. The summed E-state index contributed by atoms with van der Waals surface area (Å²) in [6.07, 6.45) is 3.21. The lowest BCUT2D eigenvalue weighted by Gasteiger charge is -2.34. The summed E-state index contributed by atoms with van der Waals surface area (Å²) in [6, 6.07) is 8.03. The number of anilines is 3. The van der Waals surface area contributed by atoms with E-state index in [0.29, 0.717) is 11.5 Å². The molecule has 1 aromatic heterocycles. The van der Waals surface area contributed by atoms with Crippen LogP contribution in [-0.2, 0) is 0 Å². The van der Waals surface area contributed by atoms with Crippen molar-refractivity contribution in [2.24, 2.45) is 0 Å². The summed E-state index contributed by atoms with van der Waals surface area (Å²) in [5, 5.41) is 2.93. The molecule has 2 saturated heterocycles. The Kier molecular flexibility index (Phi) is 5.92. The van der Waals surface area contributed by atoms with Gasteiger partial charge in [-0.05, 0) is 38.4 Å². The molecule has 4 rings (SSSR count). The summed E-state index contributed by atoms with van der Waals surface area (Å²) < 4.78 is 0. The Morgan fingerprint density at radius 1 is 0.793 bits per heavy atom. The van der Waals surface area contributed by atoms with Crippen LogP contribution in [0, 0.1) is 0 Å². The third-order valence-corrected chi connectivity index (χ3v) is 5.68. The molecule has 0 radical (unpaired) electrons. The van der Waals surface area contributed by atoms with E-state index < -0.39 is 0 Å². The minimum atomic E-state index is -0.192. The molecule has 0 unspecified atom stereocenters. The van der Waals surface area contributed by atoms with Crippen LogP contribution >= 0.6 is 0 Å². The summed E-state index contributed by atoms with van der Waals surface area (Å²) in [4.78, 5) is 30.5. The van der Waals surface area contributed by atoms with Crippen molar-refractivity contribution in [2.75, 3.05) is 81.6 Å². The van der Waals surface area contributed by atoms with Gasteiger partial charge in [0.05, 0.1) is 5.56 Å². The molecule has 0 saturated carbocycles. The zero-order valence-corrected chi connectivity index (χ0v) is 17.2. The topological polar surface area (TPSA) is 67.8 Å².